The minimum absolute atomic E-state index is 0.0638. The Labute approximate surface area is 119 Å². The number of hydrogen-bond acceptors (Lipinski definition) is 3. The third-order valence-corrected chi connectivity index (χ3v) is 3.72. The van der Waals surface area contributed by atoms with Crippen LogP contribution in [0, 0.1) is 17.8 Å². The van der Waals surface area contributed by atoms with Crippen molar-refractivity contribution in [2.45, 2.75) is 39.7 Å². The molecular weight excluding hydrogens is 258 g/mol. The van der Waals surface area contributed by atoms with Crippen molar-refractivity contribution >= 4 is 17.2 Å². The van der Waals surface area contributed by atoms with Gasteiger partial charge in [-0.1, -0.05) is 32.1 Å². The van der Waals surface area contributed by atoms with Crippen LogP contribution in [0.4, 0.5) is 0 Å². The highest BCUT2D eigenvalue weighted by molar-refractivity contribution is 7.10. The van der Waals surface area contributed by atoms with Crippen molar-refractivity contribution in [3.8, 4) is 11.8 Å². The van der Waals surface area contributed by atoms with Gasteiger partial charge in [0.05, 0.1) is 13.2 Å². The lowest BCUT2D eigenvalue weighted by molar-refractivity contribution is -0.124. The highest BCUT2D eigenvalue weighted by Crippen LogP contribution is 2.16. The van der Waals surface area contributed by atoms with Crippen molar-refractivity contribution in [2.75, 3.05) is 6.61 Å². The van der Waals surface area contributed by atoms with Gasteiger partial charge < -0.3 is 10.4 Å². The van der Waals surface area contributed by atoms with E-state index >= 15 is 0 Å². The van der Waals surface area contributed by atoms with E-state index in [9.17, 15) is 4.79 Å². The van der Waals surface area contributed by atoms with E-state index in [0.29, 0.717) is 13.0 Å². The van der Waals surface area contributed by atoms with Crippen LogP contribution < -0.4 is 5.32 Å². The van der Waals surface area contributed by atoms with E-state index in [2.05, 4.69) is 24.1 Å². The molecule has 4 heteroatoms. The molecule has 104 valence electrons. The van der Waals surface area contributed by atoms with E-state index < -0.39 is 0 Å². The summed E-state index contributed by atoms with van der Waals surface area (Å²) in [6, 6.07) is 1.95. The van der Waals surface area contributed by atoms with Crippen LogP contribution in [0.2, 0.25) is 0 Å². The minimum Gasteiger partial charge on any atom is -0.395 e. The van der Waals surface area contributed by atoms with Gasteiger partial charge in [0.1, 0.15) is 0 Å². The summed E-state index contributed by atoms with van der Waals surface area (Å²) in [7, 11) is 0. The number of carbonyl (C=O) groups excluding carboxylic acids is 1. The minimum atomic E-state index is 0.0638. The smallest absolute Gasteiger partial charge is 0.223 e. The van der Waals surface area contributed by atoms with E-state index in [0.717, 1.165) is 23.3 Å². The second kappa shape index (κ2) is 8.73. The lowest BCUT2D eigenvalue weighted by Crippen LogP contribution is -2.28. The lowest BCUT2D eigenvalue weighted by atomic mass is 10.1. The average Bonchev–Trinajstić information content (AvgIpc) is 2.84. The third kappa shape index (κ3) is 5.46. The van der Waals surface area contributed by atoms with Gasteiger partial charge in [-0.15, -0.1) is 11.3 Å². The standard InChI is InChI=1S/C15H21NO2S/c1-3-6-12(2)15(18)16-11-14-13(8-10-19-14)7-4-5-9-17/h8,10,12,17H,3,5-6,9,11H2,1-2H3,(H,16,18). The topological polar surface area (TPSA) is 49.3 Å². The molecule has 0 aliphatic rings. The van der Waals surface area contributed by atoms with E-state index in [1.807, 2.05) is 18.4 Å². The summed E-state index contributed by atoms with van der Waals surface area (Å²) in [6.45, 7) is 4.65. The van der Waals surface area contributed by atoms with Crippen molar-refractivity contribution < 1.29 is 9.90 Å². The number of thiophene rings is 1. The van der Waals surface area contributed by atoms with Gasteiger partial charge in [0.15, 0.2) is 0 Å². The quantitative estimate of drug-likeness (QED) is 0.786. The van der Waals surface area contributed by atoms with Crippen LogP contribution in [0.1, 0.15) is 43.6 Å². The number of aliphatic hydroxyl groups excluding tert-OH is 1. The Kier molecular flexibility index (Phi) is 7.24. The molecule has 0 saturated heterocycles. The van der Waals surface area contributed by atoms with Gasteiger partial charge >= 0.3 is 0 Å². The lowest BCUT2D eigenvalue weighted by Gasteiger charge is -2.10. The third-order valence-electron chi connectivity index (χ3n) is 2.80. The van der Waals surface area contributed by atoms with Crippen molar-refractivity contribution in [1.29, 1.82) is 0 Å². The molecule has 1 rings (SSSR count). The summed E-state index contributed by atoms with van der Waals surface area (Å²) in [5.41, 5.74) is 0.946. The fourth-order valence-electron chi connectivity index (χ4n) is 1.71. The molecule has 0 fully saturated rings. The van der Waals surface area contributed by atoms with Gasteiger partial charge in [0, 0.05) is 22.8 Å². The maximum atomic E-state index is 11.8. The van der Waals surface area contributed by atoms with Crippen molar-refractivity contribution in [2.24, 2.45) is 5.92 Å². The molecule has 1 atom stereocenters. The van der Waals surface area contributed by atoms with Gasteiger partial charge in [0.25, 0.3) is 0 Å². The first-order valence-corrected chi connectivity index (χ1v) is 7.50. The zero-order chi connectivity index (χ0) is 14.1. The monoisotopic (exact) mass is 279 g/mol. The first-order valence-electron chi connectivity index (χ1n) is 6.62. The van der Waals surface area contributed by atoms with Gasteiger partial charge in [-0.2, -0.15) is 0 Å². The zero-order valence-electron chi connectivity index (χ0n) is 11.5. The van der Waals surface area contributed by atoms with E-state index in [1.165, 1.54) is 0 Å². The summed E-state index contributed by atoms with van der Waals surface area (Å²) < 4.78 is 0. The second-order valence-electron chi connectivity index (χ2n) is 4.44. The van der Waals surface area contributed by atoms with Gasteiger partial charge in [0.2, 0.25) is 5.91 Å². The molecule has 0 aromatic carbocycles. The van der Waals surface area contributed by atoms with E-state index in [-0.39, 0.29) is 18.4 Å². The van der Waals surface area contributed by atoms with Crippen LogP contribution in [0.3, 0.4) is 0 Å². The summed E-state index contributed by atoms with van der Waals surface area (Å²) in [6.07, 6.45) is 2.42. The van der Waals surface area contributed by atoms with Crippen LogP contribution in [0.15, 0.2) is 11.4 Å². The Morgan fingerprint density at radius 2 is 2.37 bits per heavy atom. The molecule has 1 heterocycles. The largest absolute Gasteiger partial charge is 0.395 e. The summed E-state index contributed by atoms with van der Waals surface area (Å²) >= 11 is 1.59. The van der Waals surface area contributed by atoms with E-state index in [1.54, 1.807) is 11.3 Å². The van der Waals surface area contributed by atoms with E-state index in [4.69, 9.17) is 5.11 Å². The van der Waals surface area contributed by atoms with Gasteiger partial charge in [-0.3, -0.25) is 4.79 Å². The molecule has 2 N–H and O–H groups in total. The van der Waals surface area contributed by atoms with Crippen LogP contribution in [-0.2, 0) is 11.3 Å². The molecule has 0 bridgehead atoms. The average molecular weight is 279 g/mol. The Bertz CT molecular complexity index is 456. The Morgan fingerprint density at radius 3 is 3.05 bits per heavy atom. The number of aliphatic hydroxyl groups is 1. The van der Waals surface area contributed by atoms with Crippen LogP contribution in [-0.4, -0.2) is 17.6 Å². The molecule has 0 aliphatic heterocycles. The highest BCUT2D eigenvalue weighted by Gasteiger charge is 2.12. The number of hydrogen-bond donors (Lipinski definition) is 2. The summed E-state index contributed by atoms with van der Waals surface area (Å²) in [5.74, 6) is 6.09. The molecule has 1 unspecified atom stereocenters. The predicted octanol–water partition coefficient (Wildman–Crippen LogP) is 2.53. The number of nitrogens with one attached hydrogen (secondary N) is 1. The fraction of sp³-hybridized carbons (Fsp3) is 0.533. The first kappa shape index (κ1) is 15.7. The molecule has 0 saturated carbocycles. The van der Waals surface area contributed by atoms with Crippen LogP contribution >= 0.6 is 11.3 Å². The molecule has 0 aliphatic carbocycles. The number of carbonyl (C=O) groups is 1. The molecule has 1 aromatic heterocycles. The molecular formula is C15H21NO2S. The maximum absolute atomic E-state index is 11.8. The highest BCUT2D eigenvalue weighted by atomic mass is 32.1. The van der Waals surface area contributed by atoms with Gasteiger partial charge in [-0.05, 0) is 17.9 Å². The normalized spacial score (nSPS) is 11.5. The number of rotatable bonds is 6. The van der Waals surface area contributed by atoms with Crippen molar-refractivity contribution in [1.82, 2.24) is 5.32 Å². The zero-order valence-corrected chi connectivity index (χ0v) is 12.3. The van der Waals surface area contributed by atoms with Crippen molar-refractivity contribution in [3.63, 3.8) is 0 Å². The number of amides is 1. The summed E-state index contributed by atoms with van der Waals surface area (Å²) in [4.78, 5) is 12.9. The first-order chi connectivity index (χ1) is 9.19. The molecule has 0 radical (unpaired) electrons. The molecule has 19 heavy (non-hydrogen) atoms. The maximum Gasteiger partial charge on any atom is 0.223 e. The van der Waals surface area contributed by atoms with Crippen molar-refractivity contribution in [3.05, 3.63) is 21.9 Å². The molecule has 1 aromatic rings. The Hall–Kier alpha value is -1.31. The SMILES string of the molecule is CCCC(C)C(=O)NCc1sccc1C#CCCO. The summed E-state index contributed by atoms with van der Waals surface area (Å²) in [5, 5.41) is 13.6. The predicted molar refractivity (Wildman–Crippen MR) is 78.8 cm³/mol. The molecule has 1 amide bonds. The van der Waals surface area contributed by atoms with Gasteiger partial charge in [-0.25, -0.2) is 0 Å². The Morgan fingerprint density at radius 1 is 1.58 bits per heavy atom. The molecule has 3 nitrogen and oxygen atoms in total. The van der Waals surface area contributed by atoms with Crippen LogP contribution in [0.5, 0.6) is 0 Å². The second-order valence-corrected chi connectivity index (χ2v) is 5.44. The Balaban J connectivity index is 2.52. The van der Waals surface area contributed by atoms with Crippen LogP contribution in [0.25, 0.3) is 0 Å². The molecule has 0 spiro atoms. The fourth-order valence-corrected chi connectivity index (χ4v) is 2.48.